The van der Waals surface area contributed by atoms with Gasteiger partial charge in [0.2, 0.25) is 11.8 Å². The van der Waals surface area contributed by atoms with Gasteiger partial charge in [0.15, 0.2) is 0 Å². The number of nitrogens with one attached hydrogen (secondary N) is 1. The Morgan fingerprint density at radius 2 is 1.23 bits per heavy atom. The summed E-state index contributed by atoms with van der Waals surface area (Å²) in [6, 6.07) is 37.4. The first-order valence-electron chi connectivity index (χ1n) is 13.7. The van der Waals surface area contributed by atoms with E-state index in [2.05, 4.69) is 45.5 Å². The second kappa shape index (κ2) is 13.6. The van der Waals surface area contributed by atoms with Crippen LogP contribution in [-0.4, -0.2) is 28.3 Å². The van der Waals surface area contributed by atoms with E-state index >= 15 is 0 Å². The molecule has 206 valence electrons. The highest BCUT2D eigenvalue weighted by molar-refractivity contribution is 9.10. The quantitative estimate of drug-likeness (QED) is 0.206. The minimum Gasteiger partial charge on any atom is -0.350 e. The van der Waals surface area contributed by atoms with E-state index in [0.717, 1.165) is 26.7 Å². The molecule has 1 unspecified atom stereocenters. The lowest BCUT2D eigenvalue weighted by Crippen LogP contribution is -2.54. The van der Waals surface area contributed by atoms with Crippen LogP contribution in [0.2, 0.25) is 0 Å². The van der Waals surface area contributed by atoms with Gasteiger partial charge in [0.25, 0.3) is 0 Å². The number of hydrogen-bond acceptors (Lipinski definition) is 2. The lowest BCUT2D eigenvalue weighted by Gasteiger charge is -2.35. The van der Waals surface area contributed by atoms with Crippen molar-refractivity contribution in [2.24, 2.45) is 0 Å². The SMILES string of the molecule is CC(C)(C)NC(=O)C(Cc1ccccc1)N(Cc1ccc(Br)cc1)C(=O)CC(c1ccccc1)c1ccccc1. The van der Waals surface area contributed by atoms with Gasteiger partial charge in [0.1, 0.15) is 6.04 Å². The highest BCUT2D eigenvalue weighted by Crippen LogP contribution is 2.30. The van der Waals surface area contributed by atoms with Gasteiger partial charge in [0.05, 0.1) is 0 Å². The molecule has 4 aromatic carbocycles. The zero-order valence-electron chi connectivity index (χ0n) is 23.4. The van der Waals surface area contributed by atoms with Gasteiger partial charge in [-0.2, -0.15) is 0 Å². The van der Waals surface area contributed by atoms with Crippen molar-refractivity contribution in [3.63, 3.8) is 0 Å². The first kappa shape index (κ1) is 29.3. The molecule has 0 aromatic heterocycles. The minimum absolute atomic E-state index is 0.0642. The molecule has 0 aliphatic carbocycles. The van der Waals surface area contributed by atoms with Crippen molar-refractivity contribution in [3.05, 3.63) is 142 Å². The molecule has 0 aliphatic rings. The van der Waals surface area contributed by atoms with E-state index in [0.29, 0.717) is 13.0 Å². The number of carbonyl (C=O) groups excluding carboxylic acids is 2. The Labute approximate surface area is 246 Å². The van der Waals surface area contributed by atoms with Crippen LogP contribution in [0.1, 0.15) is 55.4 Å². The molecule has 0 saturated carbocycles. The number of carbonyl (C=O) groups is 2. The van der Waals surface area contributed by atoms with Gasteiger partial charge in [-0.05, 0) is 55.2 Å². The van der Waals surface area contributed by atoms with Crippen molar-refractivity contribution in [3.8, 4) is 0 Å². The van der Waals surface area contributed by atoms with Crippen molar-refractivity contribution >= 4 is 27.7 Å². The average molecular weight is 598 g/mol. The zero-order chi connectivity index (χ0) is 28.5. The van der Waals surface area contributed by atoms with Crippen LogP contribution in [-0.2, 0) is 22.6 Å². The van der Waals surface area contributed by atoms with E-state index in [4.69, 9.17) is 0 Å². The average Bonchev–Trinajstić information content (AvgIpc) is 2.95. The number of nitrogens with zero attached hydrogens (tertiary/aromatic N) is 1. The molecule has 0 saturated heterocycles. The minimum atomic E-state index is -0.676. The molecule has 4 rings (SSSR count). The number of amides is 2. The first-order valence-corrected chi connectivity index (χ1v) is 14.5. The summed E-state index contributed by atoms with van der Waals surface area (Å²) in [6.07, 6.45) is 0.672. The van der Waals surface area contributed by atoms with Gasteiger partial charge in [0, 0.05) is 35.3 Å². The Bertz CT molecular complexity index is 1330. The van der Waals surface area contributed by atoms with Gasteiger partial charge >= 0.3 is 0 Å². The van der Waals surface area contributed by atoms with E-state index < -0.39 is 11.6 Å². The van der Waals surface area contributed by atoms with Crippen LogP contribution in [0.3, 0.4) is 0 Å². The third kappa shape index (κ3) is 8.40. The third-order valence-electron chi connectivity index (χ3n) is 6.82. The number of benzene rings is 4. The molecule has 0 fully saturated rings. The number of hydrogen-bond donors (Lipinski definition) is 1. The Hall–Kier alpha value is -3.70. The van der Waals surface area contributed by atoms with Gasteiger partial charge in [-0.1, -0.05) is 119 Å². The summed E-state index contributed by atoms with van der Waals surface area (Å²) in [5.74, 6) is -0.353. The van der Waals surface area contributed by atoms with Crippen LogP contribution in [0.4, 0.5) is 0 Å². The Kier molecular flexibility index (Phi) is 9.94. The molecule has 4 nitrogen and oxygen atoms in total. The van der Waals surface area contributed by atoms with Crippen molar-refractivity contribution in [2.45, 2.75) is 57.7 Å². The van der Waals surface area contributed by atoms with Crippen molar-refractivity contribution in [1.82, 2.24) is 10.2 Å². The van der Waals surface area contributed by atoms with E-state index in [1.165, 1.54) is 0 Å². The van der Waals surface area contributed by atoms with Crippen molar-refractivity contribution < 1.29 is 9.59 Å². The predicted molar refractivity (Wildman–Crippen MR) is 166 cm³/mol. The second-order valence-electron chi connectivity index (χ2n) is 11.2. The normalized spacial score (nSPS) is 12.1. The molecule has 4 aromatic rings. The molecule has 0 radical (unpaired) electrons. The monoisotopic (exact) mass is 596 g/mol. The molecule has 5 heteroatoms. The maximum atomic E-state index is 14.4. The lowest BCUT2D eigenvalue weighted by atomic mass is 9.87. The van der Waals surface area contributed by atoms with Crippen LogP contribution in [0.15, 0.2) is 120 Å². The summed E-state index contributed by atoms with van der Waals surface area (Å²) in [7, 11) is 0. The molecule has 0 spiro atoms. The van der Waals surface area contributed by atoms with Crippen molar-refractivity contribution in [2.75, 3.05) is 0 Å². The molecule has 2 amide bonds. The van der Waals surface area contributed by atoms with E-state index in [1.54, 1.807) is 4.90 Å². The van der Waals surface area contributed by atoms with E-state index in [9.17, 15) is 9.59 Å². The van der Waals surface area contributed by atoms with Crippen LogP contribution in [0.5, 0.6) is 0 Å². The van der Waals surface area contributed by atoms with Gasteiger partial charge in [-0.3, -0.25) is 9.59 Å². The molecule has 0 heterocycles. The molecular weight excluding hydrogens is 560 g/mol. The summed E-state index contributed by atoms with van der Waals surface area (Å²) in [5, 5.41) is 3.15. The largest absolute Gasteiger partial charge is 0.350 e. The van der Waals surface area contributed by atoms with Crippen LogP contribution < -0.4 is 5.32 Å². The second-order valence-corrected chi connectivity index (χ2v) is 12.1. The van der Waals surface area contributed by atoms with Crippen molar-refractivity contribution in [1.29, 1.82) is 0 Å². The summed E-state index contributed by atoms with van der Waals surface area (Å²) in [5.41, 5.74) is 3.69. The Morgan fingerprint density at radius 3 is 1.73 bits per heavy atom. The molecule has 1 atom stereocenters. The third-order valence-corrected chi connectivity index (χ3v) is 7.35. The molecular formula is C35H37BrN2O2. The van der Waals surface area contributed by atoms with Gasteiger partial charge < -0.3 is 10.2 Å². The Morgan fingerprint density at radius 1 is 0.725 bits per heavy atom. The first-order chi connectivity index (χ1) is 19.2. The summed E-state index contributed by atoms with van der Waals surface area (Å²) in [6.45, 7) is 6.22. The predicted octanol–water partition coefficient (Wildman–Crippen LogP) is 7.53. The number of halogens is 1. The highest BCUT2D eigenvalue weighted by Gasteiger charge is 2.33. The maximum absolute atomic E-state index is 14.4. The van der Waals surface area contributed by atoms with Crippen LogP contribution >= 0.6 is 15.9 Å². The smallest absolute Gasteiger partial charge is 0.243 e. The summed E-state index contributed by atoms with van der Waals surface area (Å²) >= 11 is 3.51. The Balaban J connectivity index is 1.74. The molecule has 40 heavy (non-hydrogen) atoms. The fourth-order valence-electron chi connectivity index (χ4n) is 4.88. The molecule has 1 N–H and O–H groups in total. The van der Waals surface area contributed by atoms with E-state index in [1.807, 2.05) is 112 Å². The van der Waals surface area contributed by atoms with Crippen LogP contribution in [0.25, 0.3) is 0 Å². The van der Waals surface area contributed by atoms with Gasteiger partial charge in [-0.15, -0.1) is 0 Å². The highest BCUT2D eigenvalue weighted by atomic mass is 79.9. The van der Waals surface area contributed by atoms with Crippen LogP contribution in [0, 0.1) is 0 Å². The van der Waals surface area contributed by atoms with E-state index in [-0.39, 0.29) is 24.2 Å². The summed E-state index contributed by atoms with van der Waals surface area (Å²) in [4.78, 5) is 30.1. The molecule has 0 bridgehead atoms. The maximum Gasteiger partial charge on any atom is 0.243 e. The molecule has 0 aliphatic heterocycles. The fraction of sp³-hybridized carbons (Fsp3) is 0.257. The standard InChI is InChI=1S/C35H37BrN2O2/c1-35(2,3)37-34(40)32(23-26-13-7-4-8-14-26)38(25-27-19-21-30(36)22-20-27)33(39)24-31(28-15-9-5-10-16-28)29-17-11-6-12-18-29/h4-22,31-32H,23-25H2,1-3H3,(H,37,40). The lowest BCUT2D eigenvalue weighted by molar-refractivity contribution is -0.142. The van der Waals surface area contributed by atoms with Gasteiger partial charge in [-0.25, -0.2) is 0 Å². The zero-order valence-corrected chi connectivity index (χ0v) is 25.0. The number of rotatable bonds is 10. The topological polar surface area (TPSA) is 49.4 Å². The fourth-order valence-corrected chi connectivity index (χ4v) is 5.15. The summed E-state index contributed by atoms with van der Waals surface area (Å²) < 4.78 is 0.966.